The SMILES string of the molecule is CC(=O)Nc1ccc(SCC(=O)Nc2ccccc2Br)cc1. The highest BCUT2D eigenvalue weighted by molar-refractivity contribution is 9.10. The van der Waals surface area contributed by atoms with Crippen LogP contribution < -0.4 is 10.6 Å². The van der Waals surface area contributed by atoms with Crippen molar-refractivity contribution in [2.75, 3.05) is 16.4 Å². The molecular weight excluding hydrogens is 364 g/mol. The molecule has 2 aromatic rings. The number of anilines is 2. The summed E-state index contributed by atoms with van der Waals surface area (Å²) >= 11 is 4.83. The third-order valence-electron chi connectivity index (χ3n) is 2.69. The first-order valence-corrected chi connectivity index (χ1v) is 8.37. The van der Waals surface area contributed by atoms with Gasteiger partial charge in [-0.1, -0.05) is 12.1 Å². The zero-order chi connectivity index (χ0) is 15.9. The Kier molecular flexibility index (Phi) is 6.03. The summed E-state index contributed by atoms with van der Waals surface area (Å²) in [6, 6.07) is 14.9. The molecular formula is C16H15BrN2O2S. The molecule has 114 valence electrons. The number of carbonyl (C=O) groups is 2. The molecule has 0 aliphatic rings. The molecule has 2 rings (SSSR count). The average molecular weight is 379 g/mol. The second-order valence-electron chi connectivity index (χ2n) is 4.52. The van der Waals surface area contributed by atoms with Gasteiger partial charge >= 0.3 is 0 Å². The first-order valence-electron chi connectivity index (χ1n) is 6.59. The molecule has 0 saturated carbocycles. The van der Waals surface area contributed by atoms with Crippen LogP contribution in [-0.2, 0) is 9.59 Å². The van der Waals surface area contributed by atoms with E-state index in [0.29, 0.717) is 5.75 Å². The number of hydrogen-bond acceptors (Lipinski definition) is 3. The van der Waals surface area contributed by atoms with Crippen LogP contribution in [0.1, 0.15) is 6.92 Å². The Hall–Kier alpha value is -1.79. The second-order valence-corrected chi connectivity index (χ2v) is 6.43. The highest BCUT2D eigenvalue weighted by atomic mass is 79.9. The van der Waals surface area contributed by atoms with E-state index in [4.69, 9.17) is 0 Å². The van der Waals surface area contributed by atoms with Crippen molar-refractivity contribution < 1.29 is 9.59 Å². The molecule has 0 aliphatic heterocycles. The van der Waals surface area contributed by atoms with Crippen molar-refractivity contribution in [3.05, 3.63) is 53.0 Å². The summed E-state index contributed by atoms with van der Waals surface area (Å²) in [6.45, 7) is 1.47. The van der Waals surface area contributed by atoms with Gasteiger partial charge in [0.05, 0.1) is 11.4 Å². The van der Waals surface area contributed by atoms with E-state index < -0.39 is 0 Å². The normalized spacial score (nSPS) is 10.1. The van der Waals surface area contributed by atoms with Crippen molar-refractivity contribution in [3.63, 3.8) is 0 Å². The minimum absolute atomic E-state index is 0.0668. The first-order chi connectivity index (χ1) is 10.5. The van der Waals surface area contributed by atoms with Gasteiger partial charge in [0.1, 0.15) is 0 Å². The number of carbonyl (C=O) groups excluding carboxylic acids is 2. The molecule has 0 bridgehead atoms. The number of amides is 2. The fraction of sp³-hybridized carbons (Fsp3) is 0.125. The highest BCUT2D eigenvalue weighted by Gasteiger charge is 2.06. The van der Waals surface area contributed by atoms with Gasteiger partial charge in [-0.05, 0) is 52.3 Å². The minimum Gasteiger partial charge on any atom is -0.326 e. The number of thioether (sulfide) groups is 1. The number of para-hydroxylation sites is 1. The minimum atomic E-state index is -0.104. The standard InChI is InChI=1S/C16H15BrN2O2S/c1-11(20)18-12-6-8-13(9-7-12)22-10-16(21)19-15-5-3-2-4-14(15)17/h2-9H,10H2,1H3,(H,18,20)(H,19,21). The van der Waals surface area contributed by atoms with Crippen molar-refractivity contribution in [2.24, 2.45) is 0 Å². The summed E-state index contributed by atoms with van der Waals surface area (Å²) in [4.78, 5) is 23.9. The fourth-order valence-electron chi connectivity index (χ4n) is 1.74. The number of nitrogens with one attached hydrogen (secondary N) is 2. The first kappa shape index (κ1) is 16.6. The summed E-state index contributed by atoms with van der Waals surface area (Å²) in [5, 5.41) is 5.56. The molecule has 0 saturated heterocycles. The molecule has 2 amide bonds. The lowest BCUT2D eigenvalue weighted by Gasteiger charge is -2.07. The summed E-state index contributed by atoms with van der Waals surface area (Å²) in [6.07, 6.45) is 0. The maximum atomic E-state index is 11.9. The van der Waals surface area contributed by atoms with Crippen molar-refractivity contribution in [1.29, 1.82) is 0 Å². The van der Waals surface area contributed by atoms with E-state index in [1.165, 1.54) is 18.7 Å². The second kappa shape index (κ2) is 8.00. The van der Waals surface area contributed by atoms with Crippen molar-refractivity contribution in [2.45, 2.75) is 11.8 Å². The van der Waals surface area contributed by atoms with Gasteiger partial charge in [-0.3, -0.25) is 9.59 Å². The van der Waals surface area contributed by atoms with E-state index in [1.807, 2.05) is 48.5 Å². The number of rotatable bonds is 5. The Labute approximate surface area is 141 Å². The molecule has 0 atom stereocenters. The summed E-state index contributed by atoms with van der Waals surface area (Å²) < 4.78 is 0.855. The third kappa shape index (κ3) is 5.20. The predicted octanol–water partition coefficient (Wildman–Crippen LogP) is 4.14. The van der Waals surface area contributed by atoms with Crippen LogP contribution in [0.5, 0.6) is 0 Å². The fourth-order valence-corrected chi connectivity index (χ4v) is 2.82. The van der Waals surface area contributed by atoms with Gasteiger partial charge in [0.2, 0.25) is 11.8 Å². The zero-order valence-electron chi connectivity index (χ0n) is 11.9. The van der Waals surface area contributed by atoms with Crippen LogP contribution in [0.25, 0.3) is 0 Å². The lowest BCUT2D eigenvalue weighted by Crippen LogP contribution is -2.14. The smallest absolute Gasteiger partial charge is 0.234 e. The Morgan fingerprint density at radius 1 is 1.05 bits per heavy atom. The van der Waals surface area contributed by atoms with Crippen molar-refractivity contribution in [1.82, 2.24) is 0 Å². The molecule has 0 aliphatic carbocycles. The zero-order valence-corrected chi connectivity index (χ0v) is 14.3. The lowest BCUT2D eigenvalue weighted by atomic mass is 10.3. The molecule has 2 N–H and O–H groups in total. The maximum Gasteiger partial charge on any atom is 0.234 e. The van der Waals surface area contributed by atoms with Gasteiger partial charge in [-0.25, -0.2) is 0 Å². The van der Waals surface area contributed by atoms with Crippen LogP contribution in [0.3, 0.4) is 0 Å². The molecule has 6 heteroatoms. The lowest BCUT2D eigenvalue weighted by molar-refractivity contribution is -0.114. The third-order valence-corrected chi connectivity index (χ3v) is 4.40. The molecule has 0 spiro atoms. The van der Waals surface area contributed by atoms with Gasteiger partial charge < -0.3 is 10.6 Å². The van der Waals surface area contributed by atoms with Gasteiger partial charge in [-0.2, -0.15) is 0 Å². The van der Waals surface area contributed by atoms with Crippen LogP contribution in [0.4, 0.5) is 11.4 Å². The Bertz CT molecular complexity index is 674. The topological polar surface area (TPSA) is 58.2 Å². The van der Waals surface area contributed by atoms with E-state index in [0.717, 1.165) is 20.7 Å². The van der Waals surface area contributed by atoms with Crippen LogP contribution in [-0.4, -0.2) is 17.6 Å². The number of benzene rings is 2. The highest BCUT2D eigenvalue weighted by Crippen LogP contribution is 2.23. The summed E-state index contributed by atoms with van der Waals surface area (Å²) in [5.41, 5.74) is 1.50. The molecule has 0 unspecified atom stereocenters. The van der Waals surface area contributed by atoms with Crippen molar-refractivity contribution >= 4 is 50.9 Å². The van der Waals surface area contributed by atoms with Crippen molar-refractivity contribution in [3.8, 4) is 0 Å². The number of halogens is 1. The molecule has 0 aromatic heterocycles. The predicted molar refractivity (Wildman–Crippen MR) is 94.2 cm³/mol. The Morgan fingerprint density at radius 3 is 2.36 bits per heavy atom. The van der Waals surface area contributed by atoms with Gasteiger partial charge in [0.25, 0.3) is 0 Å². The monoisotopic (exact) mass is 378 g/mol. The molecule has 2 aromatic carbocycles. The van der Waals surface area contributed by atoms with E-state index in [9.17, 15) is 9.59 Å². The van der Waals surface area contributed by atoms with Crippen LogP contribution >= 0.6 is 27.7 Å². The van der Waals surface area contributed by atoms with E-state index in [2.05, 4.69) is 26.6 Å². The van der Waals surface area contributed by atoms with Gasteiger partial charge in [0.15, 0.2) is 0 Å². The van der Waals surface area contributed by atoms with Crippen LogP contribution in [0.2, 0.25) is 0 Å². The number of hydrogen-bond donors (Lipinski definition) is 2. The van der Waals surface area contributed by atoms with Gasteiger partial charge in [-0.15, -0.1) is 11.8 Å². The maximum absolute atomic E-state index is 11.9. The Balaban J connectivity index is 1.86. The Morgan fingerprint density at radius 2 is 1.73 bits per heavy atom. The van der Waals surface area contributed by atoms with Crippen LogP contribution in [0.15, 0.2) is 57.9 Å². The molecule has 0 heterocycles. The van der Waals surface area contributed by atoms with E-state index in [-0.39, 0.29) is 11.8 Å². The molecule has 4 nitrogen and oxygen atoms in total. The summed E-state index contributed by atoms with van der Waals surface area (Å²) in [7, 11) is 0. The largest absolute Gasteiger partial charge is 0.326 e. The van der Waals surface area contributed by atoms with Gasteiger partial charge in [0, 0.05) is 22.0 Å². The van der Waals surface area contributed by atoms with E-state index in [1.54, 1.807) is 0 Å². The van der Waals surface area contributed by atoms with E-state index >= 15 is 0 Å². The molecule has 0 radical (unpaired) electrons. The quantitative estimate of drug-likeness (QED) is 0.768. The molecule has 0 fully saturated rings. The summed E-state index contributed by atoms with van der Waals surface area (Å²) in [5.74, 6) is 0.150. The van der Waals surface area contributed by atoms with Crippen LogP contribution in [0, 0.1) is 0 Å². The average Bonchev–Trinajstić information content (AvgIpc) is 2.48. The molecule has 22 heavy (non-hydrogen) atoms.